The van der Waals surface area contributed by atoms with Gasteiger partial charge in [0.1, 0.15) is 5.60 Å². The molecule has 3 N–H and O–H groups in total. The third-order valence-corrected chi connectivity index (χ3v) is 3.55. The molecule has 0 spiro atoms. The molecule has 1 fully saturated rings. The minimum absolute atomic E-state index is 0.100. The third-order valence-electron chi connectivity index (χ3n) is 3.55. The van der Waals surface area contributed by atoms with E-state index in [1.807, 2.05) is 0 Å². The molecule has 6 heteroatoms. The smallest absolute Gasteiger partial charge is 0.408 e. The van der Waals surface area contributed by atoms with Gasteiger partial charge in [-0.3, -0.25) is 4.79 Å². The van der Waals surface area contributed by atoms with E-state index in [-0.39, 0.29) is 12.3 Å². The van der Waals surface area contributed by atoms with Gasteiger partial charge in [0, 0.05) is 0 Å². The second kappa shape index (κ2) is 6.43. The van der Waals surface area contributed by atoms with Crippen LogP contribution in [0.25, 0.3) is 0 Å². The highest BCUT2D eigenvalue weighted by molar-refractivity contribution is 5.73. The van der Waals surface area contributed by atoms with E-state index >= 15 is 0 Å². The average molecular weight is 286 g/mol. The molecule has 1 aliphatic rings. The molecule has 1 amide bonds. The summed E-state index contributed by atoms with van der Waals surface area (Å²) in [6.07, 6.45) is 1.04. The summed E-state index contributed by atoms with van der Waals surface area (Å²) in [6.45, 7) is 8.83. The lowest BCUT2D eigenvalue weighted by atomic mass is 9.77. The van der Waals surface area contributed by atoms with Crippen molar-refractivity contribution >= 4 is 12.1 Å². The lowest BCUT2D eigenvalue weighted by Gasteiger charge is -2.40. The number of carbonyl (C=O) groups excluding carboxylic acids is 1. The Morgan fingerprint density at radius 1 is 1.25 bits per heavy atom. The van der Waals surface area contributed by atoms with Gasteiger partial charge in [0.05, 0.1) is 12.0 Å². The number of carbonyl (C=O) groups is 2. The van der Waals surface area contributed by atoms with E-state index < -0.39 is 23.2 Å². The monoisotopic (exact) mass is 286 g/mol. The number of nitrogens with one attached hydrogen (secondary N) is 2. The highest BCUT2D eigenvalue weighted by Gasteiger charge is 2.39. The molecule has 6 nitrogen and oxygen atoms in total. The molecule has 1 saturated heterocycles. The van der Waals surface area contributed by atoms with Gasteiger partial charge in [-0.15, -0.1) is 0 Å². The summed E-state index contributed by atoms with van der Waals surface area (Å²) in [4.78, 5) is 23.1. The predicted molar refractivity (Wildman–Crippen MR) is 75.6 cm³/mol. The van der Waals surface area contributed by atoms with E-state index in [9.17, 15) is 9.59 Å². The van der Waals surface area contributed by atoms with E-state index in [1.54, 1.807) is 27.7 Å². The third kappa shape index (κ3) is 5.36. The summed E-state index contributed by atoms with van der Waals surface area (Å²) in [5, 5.41) is 15.1. The van der Waals surface area contributed by atoms with Gasteiger partial charge in [0.2, 0.25) is 0 Å². The summed E-state index contributed by atoms with van der Waals surface area (Å²) in [7, 11) is 0. The highest BCUT2D eigenvalue weighted by Crippen LogP contribution is 2.29. The maximum Gasteiger partial charge on any atom is 0.408 e. The van der Waals surface area contributed by atoms with E-state index in [2.05, 4.69) is 10.6 Å². The zero-order valence-corrected chi connectivity index (χ0v) is 12.8. The number of piperidine rings is 1. The van der Waals surface area contributed by atoms with Crippen molar-refractivity contribution in [3.8, 4) is 0 Å². The number of rotatable bonds is 4. The molecule has 0 aromatic heterocycles. The molecule has 20 heavy (non-hydrogen) atoms. The van der Waals surface area contributed by atoms with Crippen LogP contribution in [0.3, 0.4) is 0 Å². The number of aliphatic carboxylic acids is 1. The summed E-state index contributed by atoms with van der Waals surface area (Å²) in [5.41, 5.74) is -1.38. The Bertz CT molecular complexity index is 359. The first kappa shape index (κ1) is 16.8. The standard InChI is InChI=1S/C14H26N2O4/c1-13(2,3)20-12(19)16-14(4,9-11(17)18)10-5-7-15-8-6-10/h10,15H,5-9H2,1-4H3,(H,16,19)(H,17,18). The van der Waals surface area contributed by atoms with Gasteiger partial charge >= 0.3 is 12.1 Å². The first-order valence-corrected chi connectivity index (χ1v) is 7.06. The van der Waals surface area contributed by atoms with Crippen LogP contribution in [-0.2, 0) is 9.53 Å². The van der Waals surface area contributed by atoms with Gasteiger partial charge in [0.25, 0.3) is 0 Å². The molecule has 0 aromatic carbocycles. The van der Waals surface area contributed by atoms with Crippen molar-refractivity contribution in [2.24, 2.45) is 5.92 Å². The maximum atomic E-state index is 12.0. The second-order valence-corrected chi connectivity index (χ2v) is 6.64. The minimum atomic E-state index is -0.915. The zero-order valence-electron chi connectivity index (χ0n) is 12.8. The van der Waals surface area contributed by atoms with Crippen molar-refractivity contribution in [3.63, 3.8) is 0 Å². The van der Waals surface area contributed by atoms with Crippen LogP contribution in [0, 0.1) is 5.92 Å². The largest absolute Gasteiger partial charge is 0.481 e. The maximum absolute atomic E-state index is 12.0. The Morgan fingerprint density at radius 2 is 1.80 bits per heavy atom. The molecule has 0 aromatic rings. The van der Waals surface area contributed by atoms with Crippen LogP contribution in [0.15, 0.2) is 0 Å². The van der Waals surface area contributed by atoms with Gasteiger partial charge in [-0.1, -0.05) is 0 Å². The van der Waals surface area contributed by atoms with E-state index in [4.69, 9.17) is 9.84 Å². The quantitative estimate of drug-likeness (QED) is 0.732. The molecule has 0 saturated carbocycles. The van der Waals surface area contributed by atoms with Gasteiger partial charge in [-0.05, 0) is 59.5 Å². The number of carboxylic acid groups (broad SMARTS) is 1. The summed E-state index contributed by atoms with van der Waals surface area (Å²) in [5.74, 6) is -0.783. The molecule has 1 heterocycles. The SMILES string of the molecule is CC(C)(C)OC(=O)NC(C)(CC(=O)O)C1CCNCC1. The lowest BCUT2D eigenvalue weighted by Crippen LogP contribution is -2.56. The minimum Gasteiger partial charge on any atom is -0.481 e. The van der Waals surface area contributed by atoms with Crippen LogP contribution in [-0.4, -0.2) is 41.4 Å². The number of alkyl carbamates (subject to hydrolysis) is 1. The van der Waals surface area contributed by atoms with Crippen molar-refractivity contribution < 1.29 is 19.4 Å². The Kier molecular flexibility index (Phi) is 5.39. The number of hydrogen-bond donors (Lipinski definition) is 3. The molecule has 1 atom stereocenters. The van der Waals surface area contributed by atoms with Crippen LogP contribution in [0.1, 0.15) is 47.0 Å². The Balaban J connectivity index is 2.76. The van der Waals surface area contributed by atoms with Crippen molar-refractivity contribution in [2.45, 2.75) is 58.1 Å². The number of hydrogen-bond acceptors (Lipinski definition) is 4. The first-order chi connectivity index (χ1) is 9.12. The molecule has 1 aliphatic heterocycles. The topological polar surface area (TPSA) is 87.7 Å². The molecule has 1 rings (SSSR count). The summed E-state index contributed by atoms with van der Waals surface area (Å²) < 4.78 is 5.25. The fourth-order valence-electron chi connectivity index (χ4n) is 2.60. The molecule has 0 bridgehead atoms. The van der Waals surface area contributed by atoms with Crippen molar-refractivity contribution in [3.05, 3.63) is 0 Å². The number of amides is 1. The molecule has 0 radical (unpaired) electrons. The second-order valence-electron chi connectivity index (χ2n) is 6.64. The van der Waals surface area contributed by atoms with E-state index in [1.165, 1.54) is 0 Å². The summed E-state index contributed by atoms with van der Waals surface area (Å²) >= 11 is 0. The van der Waals surface area contributed by atoms with Gasteiger partial charge in [-0.25, -0.2) is 4.79 Å². The van der Waals surface area contributed by atoms with Crippen LogP contribution >= 0.6 is 0 Å². The average Bonchev–Trinajstić information content (AvgIpc) is 2.26. The van der Waals surface area contributed by atoms with Crippen LogP contribution in [0.5, 0.6) is 0 Å². The predicted octanol–water partition coefficient (Wildman–Crippen LogP) is 1.74. The summed E-state index contributed by atoms with van der Waals surface area (Å²) in [6, 6.07) is 0. The van der Waals surface area contributed by atoms with Crippen molar-refractivity contribution in [1.82, 2.24) is 10.6 Å². The normalized spacial score (nSPS) is 20.0. The van der Waals surface area contributed by atoms with E-state index in [0.29, 0.717) is 0 Å². The fraction of sp³-hybridized carbons (Fsp3) is 0.857. The molecule has 0 aliphatic carbocycles. The van der Waals surface area contributed by atoms with Crippen molar-refractivity contribution in [2.75, 3.05) is 13.1 Å². The highest BCUT2D eigenvalue weighted by atomic mass is 16.6. The molecular formula is C14H26N2O4. The van der Waals surface area contributed by atoms with Gasteiger partial charge in [0.15, 0.2) is 0 Å². The van der Waals surface area contributed by atoms with E-state index in [0.717, 1.165) is 25.9 Å². The van der Waals surface area contributed by atoms with Crippen molar-refractivity contribution in [1.29, 1.82) is 0 Å². The Morgan fingerprint density at radius 3 is 2.25 bits per heavy atom. The first-order valence-electron chi connectivity index (χ1n) is 7.06. The lowest BCUT2D eigenvalue weighted by molar-refractivity contribution is -0.139. The van der Waals surface area contributed by atoms with Crippen LogP contribution in [0.2, 0.25) is 0 Å². The Labute approximate surface area is 120 Å². The molecule has 116 valence electrons. The van der Waals surface area contributed by atoms with Gasteiger partial charge in [-0.2, -0.15) is 0 Å². The van der Waals surface area contributed by atoms with Crippen LogP contribution in [0.4, 0.5) is 4.79 Å². The molecule has 1 unspecified atom stereocenters. The fourth-order valence-corrected chi connectivity index (χ4v) is 2.60. The number of carboxylic acids is 1. The number of ether oxygens (including phenoxy) is 1. The molecular weight excluding hydrogens is 260 g/mol. The van der Waals surface area contributed by atoms with Gasteiger partial charge < -0.3 is 20.5 Å². The Hall–Kier alpha value is -1.30. The van der Waals surface area contributed by atoms with Crippen LogP contribution < -0.4 is 10.6 Å². The zero-order chi connectivity index (χ0) is 15.4.